The van der Waals surface area contributed by atoms with Crippen LogP contribution in [-0.2, 0) is 0 Å². The summed E-state index contributed by atoms with van der Waals surface area (Å²) in [5.74, 6) is 0.223. The summed E-state index contributed by atoms with van der Waals surface area (Å²) in [6, 6.07) is 2.79. The molecule has 0 saturated heterocycles. The van der Waals surface area contributed by atoms with E-state index in [9.17, 15) is 14.9 Å². The quantitative estimate of drug-likeness (QED) is 0.547. The van der Waals surface area contributed by atoms with E-state index in [0.29, 0.717) is 12.8 Å². The number of nitrogens with one attached hydrogen (secondary N) is 2. The number of aromatic nitrogens is 1. The topological polar surface area (TPSA) is 117 Å². The highest BCUT2D eigenvalue weighted by molar-refractivity contribution is 5.65. The SMILES string of the molecule is O=C(O)NC1CC(Nc2ncccc2[N+](=O)[O-])C1. The van der Waals surface area contributed by atoms with Gasteiger partial charge in [0, 0.05) is 24.3 Å². The van der Waals surface area contributed by atoms with E-state index in [4.69, 9.17) is 5.11 Å². The molecule has 1 saturated carbocycles. The molecular formula is C10H12N4O4. The van der Waals surface area contributed by atoms with E-state index in [0.717, 1.165) is 0 Å². The van der Waals surface area contributed by atoms with Gasteiger partial charge in [-0.15, -0.1) is 0 Å². The molecule has 1 heterocycles. The van der Waals surface area contributed by atoms with Gasteiger partial charge in [0.05, 0.1) is 4.92 Å². The van der Waals surface area contributed by atoms with E-state index in [1.807, 2.05) is 0 Å². The maximum absolute atomic E-state index is 10.8. The summed E-state index contributed by atoms with van der Waals surface area (Å²) >= 11 is 0. The zero-order valence-corrected chi connectivity index (χ0v) is 9.37. The molecule has 1 fully saturated rings. The zero-order chi connectivity index (χ0) is 13.1. The Kier molecular flexibility index (Phi) is 3.26. The van der Waals surface area contributed by atoms with Crippen LogP contribution in [0, 0.1) is 10.1 Å². The van der Waals surface area contributed by atoms with Gasteiger partial charge in [-0.2, -0.15) is 0 Å². The van der Waals surface area contributed by atoms with Crippen molar-refractivity contribution >= 4 is 17.6 Å². The Hall–Kier alpha value is -2.38. The molecule has 96 valence electrons. The minimum atomic E-state index is -1.05. The van der Waals surface area contributed by atoms with Crippen LogP contribution in [-0.4, -0.2) is 33.2 Å². The molecule has 0 spiro atoms. The fourth-order valence-electron chi connectivity index (χ4n) is 1.88. The summed E-state index contributed by atoms with van der Waals surface area (Å²) in [5, 5.41) is 24.6. The molecule has 0 aromatic carbocycles. The number of hydrogen-bond donors (Lipinski definition) is 3. The Labute approximate surface area is 102 Å². The molecule has 0 atom stereocenters. The first-order valence-electron chi connectivity index (χ1n) is 5.41. The van der Waals surface area contributed by atoms with Crippen LogP contribution in [0.2, 0.25) is 0 Å². The number of pyridine rings is 1. The first-order chi connectivity index (χ1) is 8.56. The zero-order valence-electron chi connectivity index (χ0n) is 9.37. The normalized spacial score (nSPS) is 21.8. The minimum Gasteiger partial charge on any atom is -0.465 e. The van der Waals surface area contributed by atoms with Gasteiger partial charge in [-0.05, 0) is 18.9 Å². The molecule has 1 aliphatic rings. The van der Waals surface area contributed by atoms with Gasteiger partial charge in [0.25, 0.3) is 0 Å². The molecule has 1 aromatic rings. The molecule has 1 amide bonds. The summed E-state index contributed by atoms with van der Waals surface area (Å²) in [7, 11) is 0. The van der Waals surface area contributed by atoms with E-state index in [1.165, 1.54) is 18.3 Å². The smallest absolute Gasteiger partial charge is 0.404 e. The number of rotatable bonds is 4. The number of amides is 1. The maximum atomic E-state index is 10.8. The number of hydrogen-bond acceptors (Lipinski definition) is 5. The first kappa shape index (κ1) is 12.1. The van der Waals surface area contributed by atoms with Crippen molar-refractivity contribution in [2.24, 2.45) is 0 Å². The highest BCUT2D eigenvalue weighted by atomic mass is 16.6. The molecule has 0 unspecified atom stereocenters. The third-order valence-corrected chi connectivity index (χ3v) is 2.79. The van der Waals surface area contributed by atoms with Crippen molar-refractivity contribution in [3.05, 3.63) is 28.4 Å². The predicted molar refractivity (Wildman–Crippen MR) is 62.5 cm³/mol. The van der Waals surface area contributed by atoms with Gasteiger partial charge in [0.2, 0.25) is 5.82 Å². The van der Waals surface area contributed by atoms with Gasteiger partial charge in [-0.25, -0.2) is 9.78 Å². The molecule has 2 rings (SSSR count). The van der Waals surface area contributed by atoms with Gasteiger partial charge in [-0.1, -0.05) is 0 Å². The van der Waals surface area contributed by atoms with Gasteiger partial charge < -0.3 is 15.7 Å². The number of carbonyl (C=O) groups is 1. The Balaban J connectivity index is 1.92. The van der Waals surface area contributed by atoms with E-state index < -0.39 is 11.0 Å². The van der Waals surface area contributed by atoms with Crippen molar-refractivity contribution in [1.82, 2.24) is 10.3 Å². The molecule has 8 nitrogen and oxygen atoms in total. The third-order valence-electron chi connectivity index (χ3n) is 2.79. The first-order valence-corrected chi connectivity index (χ1v) is 5.41. The molecule has 0 radical (unpaired) electrons. The van der Waals surface area contributed by atoms with E-state index in [-0.39, 0.29) is 23.6 Å². The van der Waals surface area contributed by atoms with Gasteiger partial charge in [0.15, 0.2) is 0 Å². The minimum absolute atomic E-state index is 0.00968. The highest BCUT2D eigenvalue weighted by Crippen LogP contribution is 2.27. The molecule has 0 aliphatic heterocycles. The number of nitro groups is 1. The van der Waals surface area contributed by atoms with E-state index in [1.54, 1.807) is 0 Å². The summed E-state index contributed by atoms with van der Waals surface area (Å²) in [4.78, 5) is 24.6. The lowest BCUT2D eigenvalue weighted by Gasteiger charge is -2.35. The summed E-state index contributed by atoms with van der Waals surface area (Å²) in [5.41, 5.74) is -0.0767. The van der Waals surface area contributed by atoms with E-state index in [2.05, 4.69) is 15.6 Å². The molecule has 8 heteroatoms. The van der Waals surface area contributed by atoms with Crippen LogP contribution in [0.4, 0.5) is 16.3 Å². The second-order valence-electron chi connectivity index (χ2n) is 4.09. The molecule has 18 heavy (non-hydrogen) atoms. The fourth-order valence-corrected chi connectivity index (χ4v) is 1.88. The molecular weight excluding hydrogens is 240 g/mol. The number of anilines is 1. The van der Waals surface area contributed by atoms with Crippen molar-refractivity contribution in [1.29, 1.82) is 0 Å². The Morgan fingerprint density at radius 3 is 2.83 bits per heavy atom. The average Bonchev–Trinajstić information content (AvgIpc) is 2.26. The highest BCUT2D eigenvalue weighted by Gasteiger charge is 2.31. The lowest BCUT2D eigenvalue weighted by Crippen LogP contribution is -2.49. The summed E-state index contributed by atoms with van der Waals surface area (Å²) in [6.07, 6.45) is 1.61. The standard InChI is InChI=1S/C10H12N4O4/c15-10(16)13-7-4-6(5-7)12-9-8(14(17)18)2-1-3-11-9/h1-3,6-7,13H,4-5H2,(H,11,12)(H,15,16). The van der Waals surface area contributed by atoms with E-state index >= 15 is 0 Å². The molecule has 3 N–H and O–H groups in total. The summed E-state index contributed by atoms with van der Waals surface area (Å²) < 4.78 is 0. The lowest BCUT2D eigenvalue weighted by atomic mass is 9.87. The molecule has 1 aliphatic carbocycles. The van der Waals surface area contributed by atoms with Crippen molar-refractivity contribution in [2.45, 2.75) is 24.9 Å². The summed E-state index contributed by atoms with van der Waals surface area (Å²) in [6.45, 7) is 0. The van der Waals surface area contributed by atoms with Crippen molar-refractivity contribution < 1.29 is 14.8 Å². The van der Waals surface area contributed by atoms with Gasteiger partial charge in [-0.3, -0.25) is 10.1 Å². The second kappa shape index (κ2) is 4.86. The van der Waals surface area contributed by atoms with Crippen LogP contribution in [0.5, 0.6) is 0 Å². The van der Waals surface area contributed by atoms with Crippen LogP contribution in [0.3, 0.4) is 0 Å². The van der Waals surface area contributed by atoms with Crippen molar-refractivity contribution in [2.75, 3.05) is 5.32 Å². The average molecular weight is 252 g/mol. The van der Waals surface area contributed by atoms with Crippen molar-refractivity contribution in [3.63, 3.8) is 0 Å². The van der Waals surface area contributed by atoms with Crippen molar-refractivity contribution in [3.8, 4) is 0 Å². The lowest BCUT2D eigenvalue weighted by molar-refractivity contribution is -0.384. The van der Waals surface area contributed by atoms with Crippen LogP contribution >= 0.6 is 0 Å². The maximum Gasteiger partial charge on any atom is 0.404 e. The third kappa shape index (κ3) is 2.65. The Morgan fingerprint density at radius 2 is 2.22 bits per heavy atom. The number of carboxylic acid groups (broad SMARTS) is 1. The second-order valence-corrected chi connectivity index (χ2v) is 4.09. The van der Waals surface area contributed by atoms with Crippen LogP contribution in [0.1, 0.15) is 12.8 Å². The molecule has 0 bridgehead atoms. The van der Waals surface area contributed by atoms with Crippen LogP contribution in [0.15, 0.2) is 18.3 Å². The van der Waals surface area contributed by atoms with Gasteiger partial charge >= 0.3 is 11.8 Å². The molecule has 1 aromatic heterocycles. The van der Waals surface area contributed by atoms with Crippen LogP contribution in [0.25, 0.3) is 0 Å². The largest absolute Gasteiger partial charge is 0.465 e. The Morgan fingerprint density at radius 1 is 1.50 bits per heavy atom. The van der Waals surface area contributed by atoms with Gasteiger partial charge in [0.1, 0.15) is 0 Å². The van der Waals surface area contributed by atoms with Crippen LogP contribution < -0.4 is 10.6 Å². The number of nitrogens with zero attached hydrogens (tertiary/aromatic N) is 2. The monoisotopic (exact) mass is 252 g/mol. The predicted octanol–water partition coefficient (Wildman–Crippen LogP) is 1.20. The fraction of sp³-hybridized carbons (Fsp3) is 0.400. The Bertz CT molecular complexity index is 473.